The molecule has 1 saturated carbocycles. The molecule has 4 aromatic rings. The third-order valence-electron chi connectivity index (χ3n) is 6.26. The molecule has 5 heterocycles. The molecular weight excluding hydrogens is 474 g/mol. The average Bonchev–Trinajstić information content (AvgIpc) is 3.61. The topological polar surface area (TPSA) is 77.2 Å². The van der Waals surface area contributed by atoms with Gasteiger partial charge in [-0.3, -0.25) is 4.90 Å². The van der Waals surface area contributed by atoms with E-state index in [1.807, 2.05) is 0 Å². The standard InChI is InChI=1S/C23H25N5O2S3/c1-2-5-15(6-3-1)20-26-27-23(30-20)33-22-19-16(17-7-4-12-31-17)14-32-21(19)24-18(25-22)13-28-8-10-29-11-9-28/h4,7,12,14-15H,1-3,5-6,8-11,13H2. The van der Waals surface area contributed by atoms with Crippen LogP contribution >= 0.6 is 34.4 Å². The Morgan fingerprint density at radius 1 is 1.06 bits per heavy atom. The molecule has 172 valence electrons. The Balaban J connectivity index is 1.35. The highest BCUT2D eigenvalue weighted by atomic mass is 32.2. The summed E-state index contributed by atoms with van der Waals surface area (Å²) in [4.78, 5) is 14.5. The largest absolute Gasteiger partial charge is 0.415 e. The van der Waals surface area contributed by atoms with Crippen LogP contribution in [0.5, 0.6) is 0 Å². The molecule has 0 aromatic carbocycles. The summed E-state index contributed by atoms with van der Waals surface area (Å²) < 4.78 is 11.6. The highest BCUT2D eigenvalue weighted by Crippen LogP contribution is 2.42. The van der Waals surface area contributed by atoms with Gasteiger partial charge in [-0.1, -0.05) is 25.3 Å². The van der Waals surface area contributed by atoms with Crippen molar-refractivity contribution in [2.75, 3.05) is 26.3 Å². The fourth-order valence-electron chi connectivity index (χ4n) is 4.53. The molecule has 1 saturated heterocycles. The number of aromatic nitrogens is 4. The maximum atomic E-state index is 6.13. The van der Waals surface area contributed by atoms with Gasteiger partial charge in [-0.05, 0) is 36.0 Å². The van der Waals surface area contributed by atoms with Crippen LogP contribution < -0.4 is 0 Å². The van der Waals surface area contributed by atoms with Gasteiger partial charge in [0.2, 0.25) is 5.89 Å². The van der Waals surface area contributed by atoms with Crippen molar-refractivity contribution in [1.82, 2.24) is 25.1 Å². The second-order valence-corrected chi connectivity index (χ2v) is 11.2. The van der Waals surface area contributed by atoms with Gasteiger partial charge in [-0.25, -0.2) is 9.97 Å². The van der Waals surface area contributed by atoms with Gasteiger partial charge >= 0.3 is 0 Å². The lowest BCUT2D eigenvalue weighted by molar-refractivity contribution is 0.0330. The van der Waals surface area contributed by atoms with Crippen molar-refractivity contribution in [3.05, 3.63) is 34.6 Å². The number of hydrogen-bond acceptors (Lipinski definition) is 10. The van der Waals surface area contributed by atoms with Crippen molar-refractivity contribution < 1.29 is 9.15 Å². The third-order valence-corrected chi connectivity index (χ3v) is 8.87. The first-order valence-corrected chi connectivity index (χ1v) is 14.0. The summed E-state index contributed by atoms with van der Waals surface area (Å²) in [5.41, 5.74) is 1.18. The Morgan fingerprint density at radius 2 is 1.94 bits per heavy atom. The zero-order chi connectivity index (χ0) is 22.0. The van der Waals surface area contributed by atoms with E-state index in [-0.39, 0.29) is 0 Å². The number of morpholine rings is 1. The van der Waals surface area contributed by atoms with E-state index in [1.165, 1.54) is 41.5 Å². The van der Waals surface area contributed by atoms with Crippen molar-refractivity contribution in [2.45, 2.75) is 54.8 Å². The van der Waals surface area contributed by atoms with E-state index in [0.717, 1.165) is 72.6 Å². The Labute approximate surface area is 204 Å². The molecule has 33 heavy (non-hydrogen) atoms. The van der Waals surface area contributed by atoms with Gasteiger partial charge in [0, 0.05) is 34.8 Å². The molecule has 0 amide bonds. The Bertz CT molecular complexity index is 1210. The van der Waals surface area contributed by atoms with Gasteiger partial charge in [0.25, 0.3) is 5.22 Å². The number of thiophene rings is 2. The monoisotopic (exact) mass is 499 g/mol. The number of rotatable bonds is 6. The van der Waals surface area contributed by atoms with E-state index in [0.29, 0.717) is 11.1 Å². The summed E-state index contributed by atoms with van der Waals surface area (Å²) in [6.45, 7) is 4.05. The van der Waals surface area contributed by atoms with Crippen molar-refractivity contribution >= 4 is 44.7 Å². The van der Waals surface area contributed by atoms with Crippen molar-refractivity contribution in [3.63, 3.8) is 0 Å². The van der Waals surface area contributed by atoms with E-state index in [1.54, 1.807) is 22.7 Å². The average molecular weight is 500 g/mol. The first kappa shape index (κ1) is 21.7. The van der Waals surface area contributed by atoms with Crippen LogP contribution in [0.4, 0.5) is 0 Å². The van der Waals surface area contributed by atoms with Crippen LogP contribution in [0.15, 0.2) is 37.6 Å². The van der Waals surface area contributed by atoms with Crippen LogP contribution in [0.25, 0.3) is 20.7 Å². The summed E-state index contributed by atoms with van der Waals surface area (Å²) in [6.07, 6.45) is 6.07. The van der Waals surface area contributed by atoms with E-state index < -0.39 is 0 Å². The molecule has 0 unspecified atom stereocenters. The molecule has 1 aliphatic carbocycles. The quantitative estimate of drug-likeness (QED) is 0.307. The maximum absolute atomic E-state index is 6.13. The molecule has 4 aromatic heterocycles. The van der Waals surface area contributed by atoms with Gasteiger partial charge in [0.15, 0.2) is 0 Å². The van der Waals surface area contributed by atoms with E-state index in [2.05, 4.69) is 38.0 Å². The minimum atomic E-state index is 0.394. The fraction of sp³-hybridized carbons (Fsp3) is 0.478. The molecule has 0 radical (unpaired) electrons. The molecule has 7 nitrogen and oxygen atoms in total. The summed E-state index contributed by atoms with van der Waals surface area (Å²) in [5.74, 6) is 2.00. The van der Waals surface area contributed by atoms with Crippen LogP contribution in [0.2, 0.25) is 0 Å². The molecular formula is C23H25N5O2S3. The highest BCUT2D eigenvalue weighted by Gasteiger charge is 2.24. The molecule has 10 heteroatoms. The number of fused-ring (bicyclic) bond motifs is 1. The molecule has 6 rings (SSSR count). The first-order chi connectivity index (χ1) is 16.3. The Hall–Kier alpha value is -1.85. The lowest BCUT2D eigenvalue weighted by atomic mass is 9.89. The SMILES string of the molecule is c1csc(-c2csc3nc(CN4CCOCC4)nc(Sc4nnc(C5CCCCC5)o4)c23)c1. The predicted molar refractivity (Wildman–Crippen MR) is 131 cm³/mol. The zero-order valence-electron chi connectivity index (χ0n) is 18.2. The second-order valence-electron chi connectivity index (χ2n) is 8.48. The first-order valence-electron chi connectivity index (χ1n) is 11.5. The predicted octanol–water partition coefficient (Wildman–Crippen LogP) is 5.83. The van der Waals surface area contributed by atoms with E-state index in [9.17, 15) is 0 Å². The molecule has 0 atom stereocenters. The summed E-state index contributed by atoms with van der Waals surface area (Å²) in [6, 6.07) is 4.23. The highest BCUT2D eigenvalue weighted by molar-refractivity contribution is 7.99. The fourth-order valence-corrected chi connectivity index (χ4v) is 7.21. The Morgan fingerprint density at radius 3 is 2.76 bits per heavy atom. The smallest absolute Gasteiger partial charge is 0.282 e. The molecule has 1 aliphatic heterocycles. The minimum Gasteiger partial charge on any atom is -0.415 e. The van der Waals surface area contributed by atoms with Crippen LogP contribution in [0.3, 0.4) is 0 Å². The number of ether oxygens (including phenoxy) is 1. The van der Waals surface area contributed by atoms with Crippen molar-refractivity contribution in [2.24, 2.45) is 0 Å². The molecule has 0 bridgehead atoms. The van der Waals surface area contributed by atoms with Crippen LogP contribution in [0, 0.1) is 0 Å². The number of hydrogen-bond donors (Lipinski definition) is 0. The van der Waals surface area contributed by atoms with Gasteiger partial charge in [0.05, 0.1) is 25.1 Å². The van der Waals surface area contributed by atoms with Crippen LogP contribution in [0.1, 0.15) is 49.7 Å². The molecule has 0 N–H and O–H groups in total. The molecule has 0 spiro atoms. The van der Waals surface area contributed by atoms with E-state index in [4.69, 9.17) is 19.1 Å². The zero-order valence-corrected chi connectivity index (χ0v) is 20.7. The van der Waals surface area contributed by atoms with Crippen molar-refractivity contribution in [3.8, 4) is 10.4 Å². The lowest BCUT2D eigenvalue weighted by Gasteiger charge is -2.25. The van der Waals surface area contributed by atoms with Crippen molar-refractivity contribution in [1.29, 1.82) is 0 Å². The normalized spacial score (nSPS) is 18.3. The third kappa shape index (κ3) is 4.72. The maximum Gasteiger partial charge on any atom is 0.282 e. The molecule has 2 aliphatic rings. The Kier molecular flexibility index (Phi) is 6.43. The summed E-state index contributed by atoms with van der Waals surface area (Å²) in [7, 11) is 0. The minimum absolute atomic E-state index is 0.394. The lowest BCUT2D eigenvalue weighted by Crippen LogP contribution is -2.36. The van der Waals surface area contributed by atoms with E-state index >= 15 is 0 Å². The van der Waals surface area contributed by atoms with Gasteiger partial charge in [-0.15, -0.1) is 32.9 Å². The van der Waals surface area contributed by atoms with Crippen LogP contribution in [-0.4, -0.2) is 51.4 Å². The van der Waals surface area contributed by atoms with Gasteiger partial charge in [0.1, 0.15) is 15.7 Å². The summed E-state index contributed by atoms with van der Waals surface area (Å²) in [5, 5.41) is 15.6. The van der Waals surface area contributed by atoms with Gasteiger partial charge < -0.3 is 9.15 Å². The molecule has 2 fully saturated rings. The van der Waals surface area contributed by atoms with Gasteiger partial charge in [-0.2, -0.15) is 0 Å². The number of nitrogens with zero attached hydrogens (tertiary/aromatic N) is 5. The second kappa shape index (κ2) is 9.79. The van der Waals surface area contributed by atoms with Crippen LogP contribution in [-0.2, 0) is 11.3 Å². The summed E-state index contributed by atoms with van der Waals surface area (Å²) >= 11 is 4.88.